The normalized spacial score (nSPS) is 11.0. The van der Waals surface area contributed by atoms with Crippen molar-refractivity contribution in [1.29, 1.82) is 0 Å². The number of aliphatic imine (C=N–C) groups is 2. The molecule has 0 unspecified atom stereocenters. The van der Waals surface area contributed by atoms with Crippen molar-refractivity contribution >= 4 is 35.7 Å². The van der Waals surface area contributed by atoms with Gasteiger partial charge in [0.2, 0.25) is 0 Å². The molecule has 0 radical (unpaired) electrons. The molecule has 0 saturated carbocycles. The van der Waals surface area contributed by atoms with Gasteiger partial charge in [0.05, 0.1) is 48.9 Å². The van der Waals surface area contributed by atoms with E-state index in [9.17, 15) is 9.59 Å². The summed E-state index contributed by atoms with van der Waals surface area (Å²) in [6.45, 7) is 5.38. The summed E-state index contributed by atoms with van der Waals surface area (Å²) in [6.07, 6.45) is 3.88. The van der Waals surface area contributed by atoms with Crippen molar-refractivity contribution < 1.29 is 28.5 Å². The molecule has 220 valence electrons. The second-order valence-corrected chi connectivity index (χ2v) is 9.24. The number of nitrogens with zero attached hydrogens (tertiary/aromatic N) is 2. The highest BCUT2D eigenvalue weighted by atomic mass is 16.5. The van der Waals surface area contributed by atoms with Crippen molar-refractivity contribution in [2.24, 2.45) is 9.98 Å². The Balaban J connectivity index is 1.15. The summed E-state index contributed by atoms with van der Waals surface area (Å²) in [7, 11) is 0. The first-order valence-electron chi connectivity index (χ1n) is 14.1. The molecule has 0 aromatic heterocycles. The molecule has 0 N–H and O–H groups in total. The molecular weight excluding hydrogens is 544 g/mol. The maximum absolute atomic E-state index is 12.4. The first-order chi connectivity index (χ1) is 21.0. The van der Waals surface area contributed by atoms with Gasteiger partial charge in [-0.25, -0.2) is 9.59 Å². The third-order valence-corrected chi connectivity index (χ3v) is 6.07. The molecule has 4 rings (SSSR count). The number of esters is 2. The number of hydrogen-bond acceptors (Lipinski definition) is 8. The van der Waals surface area contributed by atoms with Crippen molar-refractivity contribution in [3.05, 3.63) is 119 Å². The molecule has 0 saturated heterocycles. The maximum Gasteiger partial charge on any atom is 0.338 e. The van der Waals surface area contributed by atoms with Gasteiger partial charge in [-0.1, -0.05) is 0 Å². The first kappa shape index (κ1) is 30.7. The van der Waals surface area contributed by atoms with E-state index in [0.717, 1.165) is 22.6 Å². The van der Waals surface area contributed by atoms with Crippen LogP contribution in [0.5, 0.6) is 11.5 Å². The third kappa shape index (κ3) is 9.97. The second kappa shape index (κ2) is 16.3. The highest BCUT2D eigenvalue weighted by molar-refractivity contribution is 5.91. The Morgan fingerprint density at radius 1 is 0.558 bits per heavy atom. The molecule has 0 aliphatic rings. The molecule has 4 aromatic rings. The second-order valence-electron chi connectivity index (χ2n) is 9.24. The lowest BCUT2D eigenvalue weighted by Crippen LogP contribution is -2.11. The van der Waals surface area contributed by atoms with Crippen LogP contribution in [0.1, 0.15) is 52.1 Å². The molecular formula is C35H34N2O6. The minimum Gasteiger partial charge on any atom is -0.494 e. The van der Waals surface area contributed by atoms with E-state index in [2.05, 4.69) is 9.98 Å². The van der Waals surface area contributed by atoms with Gasteiger partial charge in [0, 0.05) is 18.9 Å². The number of carbonyl (C=O) groups excluding carboxylic acids is 2. The predicted molar refractivity (Wildman–Crippen MR) is 168 cm³/mol. The molecule has 0 fully saturated rings. The average Bonchev–Trinajstić information content (AvgIpc) is 3.04. The molecule has 8 heteroatoms. The zero-order valence-corrected chi connectivity index (χ0v) is 24.3. The van der Waals surface area contributed by atoms with Gasteiger partial charge in [0.25, 0.3) is 0 Å². The van der Waals surface area contributed by atoms with Crippen LogP contribution in [0.3, 0.4) is 0 Å². The van der Waals surface area contributed by atoms with Crippen molar-refractivity contribution in [1.82, 2.24) is 0 Å². The van der Waals surface area contributed by atoms with Gasteiger partial charge in [-0.15, -0.1) is 0 Å². The quantitative estimate of drug-likeness (QED) is 0.0880. The van der Waals surface area contributed by atoms with Gasteiger partial charge in [0.1, 0.15) is 11.5 Å². The fraction of sp³-hybridized carbons (Fsp3) is 0.200. The van der Waals surface area contributed by atoms with Crippen LogP contribution >= 0.6 is 0 Å². The summed E-state index contributed by atoms with van der Waals surface area (Å²) in [4.78, 5) is 33.6. The lowest BCUT2D eigenvalue weighted by molar-refractivity contribution is 0.0396. The SMILES string of the molecule is CCOc1ccc(C=Nc2ccc(C(=O)OCCCOC(=O)c3ccc(N=Cc4ccc(OCC)cc4)cc3)cc2)cc1. The van der Waals surface area contributed by atoms with Crippen LogP contribution in [0.15, 0.2) is 107 Å². The zero-order valence-electron chi connectivity index (χ0n) is 24.3. The Labute approximate surface area is 251 Å². The molecule has 0 aliphatic carbocycles. The Kier molecular flexibility index (Phi) is 11.6. The van der Waals surface area contributed by atoms with E-state index in [-0.39, 0.29) is 13.2 Å². The van der Waals surface area contributed by atoms with Gasteiger partial charge < -0.3 is 18.9 Å². The molecule has 0 amide bonds. The van der Waals surface area contributed by atoms with Crippen molar-refractivity contribution in [2.45, 2.75) is 20.3 Å². The monoisotopic (exact) mass is 578 g/mol. The van der Waals surface area contributed by atoms with Crippen LogP contribution in [0, 0.1) is 0 Å². The summed E-state index contributed by atoms with van der Waals surface area (Å²) in [6, 6.07) is 28.9. The van der Waals surface area contributed by atoms with E-state index in [4.69, 9.17) is 18.9 Å². The van der Waals surface area contributed by atoms with E-state index in [1.807, 2.05) is 62.4 Å². The van der Waals surface area contributed by atoms with E-state index in [1.165, 1.54) is 0 Å². The number of rotatable bonds is 14. The predicted octanol–water partition coefficient (Wildman–Crippen LogP) is 7.39. The fourth-order valence-electron chi connectivity index (χ4n) is 3.85. The van der Waals surface area contributed by atoms with E-state index >= 15 is 0 Å². The fourth-order valence-corrected chi connectivity index (χ4v) is 3.85. The minimum atomic E-state index is -0.449. The largest absolute Gasteiger partial charge is 0.494 e. The Bertz CT molecular complexity index is 1390. The molecule has 43 heavy (non-hydrogen) atoms. The first-order valence-corrected chi connectivity index (χ1v) is 14.1. The number of ether oxygens (including phenoxy) is 4. The zero-order chi connectivity index (χ0) is 30.3. The lowest BCUT2D eigenvalue weighted by atomic mass is 10.2. The van der Waals surface area contributed by atoms with Gasteiger partial charge in [0.15, 0.2) is 0 Å². The summed E-state index contributed by atoms with van der Waals surface area (Å²) in [5.74, 6) is 0.729. The Morgan fingerprint density at radius 3 is 1.28 bits per heavy atom. The van der Waals surface area contributed by atoms with Crippen molar-refractivity contribution in [3.63, 3.8) is 0 Å². The van der Waals surface area contributed by atoms with Crippen LogP contribution < -0.4 is 9.47 Å². The molecule has 0 spiro atoms. The summed E-state index contributed by atoms with van der Waals surface area (Å²) in [5.41, 5.74) is 4.14. The lowest BCUT2D eigenvalue weighted by Gasteiger charge is -2.07. The average molecular weight is 579 g/mol. The van der Waals surface area contributed by atoms with Crippen LogP contribution in [0.2, 0.25) is 0 Å². The van der Waals surface area contributed by atoms with Crippen molar-refractivity contribution in [3.8, 4) is 11.5 Å². The van der Waals surface area contributed by atoms with Crippen LogP contribution in [0.4, 0.5) is 11.4 Å². The van der Waals surface area contributed by atoms with Gasteiger partial charge in [-0.3, -0.25) is 9.98 Å². The maximum atomic E-state index is 12.4. The summed E-state index contributed by atoms with van der Waals surface area (Å²) >= 11 is 0. The standard InChI is InChI=1S/C35H34N2O6/c1-3-40-32-18-6-26(7-19-32)24-36-30-14-10-28(11-15-30)34(38)42-22-5-23-43-35(39)29-12-16-31(17-13-29)37-25-27-8-20-33(21-9-27)41-4-2/h6-21,24-25H,3-5,22-23H2,1-2H3. The van der Waals surface area contributed by atoms with Gasteiger partial charge >= 0.3 is 11.9 Å². The van der Waals surface area contributed by atoms with E-state index < -0.39 is 11.9 Å². The summed E-state index contributed by atoms with van der Waals surface area (Å²) in [5, 5.41) is 0. The number of benzene rings is 4. The summed E-state index contributed by atoms with van der Waals surface area (Å²) < 4.78 is 21.5. The Hall–Kier alpha value is -5.24. The Morgan fingerprint density at radius 2 is 0.930 bits per heavy atom. The highest BCUT2D eigenvalue weighted by Gasteiger charge is 2.09. The molecule has 0 heterocycles. The van der Waals surface area contributed by atoms with E-state index in [0.29, 0.717) is 42.1 Å². The van der Waals surface area contributed by atoms with E-state index in [1.54, 1.807) is 61.0 Å². The number of hydrogen-bond donors (Lipinski definition) is 0. The van der Waals surface area contributed by atoms with Gasteiger partial charge in [-0.2, -0.15) is 0 Å². The van der Waals surface area contributed by atoms with Crippen molar-refractivity contribution in [2.75, 3.05) is 26.4 Å². The van der Waals surface area contributed by atoms with Crippen LogP contribution in [0.25, 0.3) is 0 Å². The topological polar surface area (TPSA) is 95.8 Å². The molecule has 0 atom stereocenters. The van der Waals surface area contributed by atoms with Crippen LogP contribution in [-0.4, -0.2) is 50.8 Å². The van der Waals surface area contributed by atoms with Crippen LogP contribution in [-0.2, 0) is 9.47 Å². The molecule has 0 bridgehead atoms. The number of carbonyl (C=O) groups is 2. The molecule has 8 nitrogen and oxygen atoms in total. The highest BCUT2D eigenvalue weighted by Crippen LogP contribution is 2.17. The minimum absolute atomic E-state index is 0.128. The third-order valence-electron chi connectivity index (χ3n) is 6.07. The molecule has 0 aliphatic heterocycles. The molecule has 4 aromatic carbocycles. The van der Waals surface area contributed by atoms with Gasteiger partial charge in [-0.05, 0) is 122 Å². The smallest absolute Gasteiger partial charge is 0.338 e.